The van der Waals surface area contributed by atoms with Gasteiger partial charge in [0.2, 0.25) is 0 Å². The summed E-state index contributed by atoms with van der Waals surface area (Å²) in [6.07, 6.45) is 14.8. The van der Waals surface area contributed by atoms with Crippen LogP contribution in [0.25, 0.3) is 27.8 Å². The van der Waals surface area contributed by atoms with Crippen molar-refractivity contribution < 1.29 is 0 Å². The highest BCUT2D eigenvalue weighted by Gasteiger charge is 2.38. The average molecular weight is 713 g/mol. The summed E-state index contributed by atoms with van der Waals surface area (Å²) >= 11 is 0. The molecule has 0 aromatic heterocycles. The summed E-state index contributed by atoms with van der Waals surface area (Å²) < 4.78 is 0. The lowest BCUT2D eigenvalue weighted by atomic mass is 9.78. The van der Waals surface area contributed by atoms with Crippen LogP contribution in [-0.4, -0.2) is 0 Å². The van der Waals surface area contributed by atoms with Gasteiger partial charge in [-0.25, -0.2) is 0 Å². The molecule has 0 bridgehead atoms. The molecule has 2 nitrogen and oxygen atoms in total. The molecule has 1 heterocycles. The van der Waals surface area contributed by atoms with Crippen molar-refractivity contribution in [2.24, 2.45) is 0 Å². The Labute approximate surface area is 327 Å². The van der Waals surface area contributed by atoms with E-state index in [2.05, 4.69) is 200 Å². The van der Waals surface area contributed by atoms with Crippen molar-refractivity contribution in [3.8, 4) is 22.3 Å². The summed E-state index contributed by atoms with van der Waals surface area (Å²) in [6.45, 7) is 8.81. The van der Waals surface area contributed by atoms with Gasteiger partial charge < -0.3 is 9.80 Å². The molecular weight excluding hydrogens is 665 g/mol. The van der Waals surface area contributed by atoms with Gasteiger partial charge in [-0.2, -0.15) is 0 Å². The molecule has 1 unspecified atom stereocenters. The number of fused-ring (bicyclic) bond motifs is 5. The van der Waals surface area contributed by atoms with Crippen LogP contribution in [0.2, 0.25) is 0 Å². The standard InChI is InChI=1S/C51H42N2.C2H6/c1-51(2)47-19-11-9-17-43(47)44-32-30-42(34-48(44)51)52(40-26-21-36(22-27-40)35-13-5-3-6-14-35)41-28-23-37(24-29-41)38-25-31-46-45-18-10-12-20-49(45)53(50(46)33-38)39-15-7-4-8-16-39;1-2/h3-10,12-17,20-34,45H,11,18-19H2,1-2H3;1-2H3. The lowest BCUT2D eigenvalue weighted by molar-refractivity contribution is 0.607. The summed E-state index contributed by atoms with van der Waals surface area (Å²) in [5, 5.41) is 0. The number of benzene rings is 6. The normalized spacial score (nSPS) is 17.1. The van der Waals surface area contributed by atoms with Crippen LogP contribution in [0.4, 0.5) is 28.4 Å². The van der Waals surface area contributed by atoms with E-state index in [9.17, 15) is 0 Å². The second kappa shape index (κ2) is 14.3. The molecule has 55 heavy (non-hydrogen) atoms. The van der Waals surface area contributed by atoms with E-state index < -0.39 is 0 Å². The maximum atomic E-state index is 2.46. The van der Waals surface area contributed by atoms with E-state index in [0.717, 1.165) is 30.6 Å². The van der Waals surface area contributed by atoms with E-state index in [1.807, 2.05) is 13.8 Å². The van der Waals surface area contributed by atoms with Crippen molar-refractivity contribution in [1.29, 1.82) is 0 Å². The fourth-order valence-corrected chi connectivity index (χ4v) is 9.19. The Kier molecular flexibility index (Phi) is 8.98. The molecule has 10 rings (SSSR count). The van der Waals surface area contributed by atoms with Crippen LogP contribution in [0.3, 0.4) is 0 Å². The smallest absolute Gasteiger partial charge is 0.0503 e. The van der Waals surface area contributed by atoms with E-state index >= 15 is 0 Å². The summed E-state index contributed by atoms with van der Waals surface area (Å²) in [5.74, 6) is 0.391. The first-order chi connectivity index (χ1) is 27.0. The molecule has 0 spiro atoms. The molecule has 6 aromatic rings. The minimum atomic E-state index is 0.00292. The SMILES string of the molecule is CC.CC1(C)C2=C(C=CCC2)c2ccc(N(c3ccc(-c4ccccc4)cc3)c3ccc(-c4ccc5c(c4)N(c4ccccc4)C4=CC=CCC45)cc3)cc21. The maximum absolute atomic E-state index is 2.46. The zero-order valence-corrected chi connectivity index (χ0v) is 32.3. The van der Waals surface area contributed by atoms with Crippen molar-refractivity contribution in [3.63, 3.8) is 0 Å². The van der Waals surface area contributed by atoms with Gasteiger partial charge in [0.25, 0.3) is 0 Å². The predicted octanol–water partition coefficient (Wildman–Crippen LogP) is 15.0. The van der Waals surface area contributed by atoms with Crippen LogP contribution < -0.4 is 9.80 Å². The molecule has 0 amide bonds. The van der Waals surface area contributed by atoms with Crippen LogP contribution in [0.1, 0.15) is 69.6 Å². The molecule has 0 radical (unpaired) electrons. The highest BCUT2D eigenvalue weighted by atomic mass is 15.2. The van der Waals surface area contributed by atoms with E-state index in [4.69, 9.17) is 0 Å². The molecule has 1 aliphatic heterocycles. The number of allylic oxidation sites excluding steroid dienone is 8. The first-order valence-electron chi connectivity index (χ1n) is 20.0. The van der Waals surface area contributed by atoms with Gasteiger partial charge in [0, 0.05) is 39.8 Å². The molecule has 3 aliphatic carbocycles. The zero-order valence-electron chi connectivity index (χ0n) is 32.3. The van der Waals surface area contributed by atoms with Crippen molar-refractivity contribution in [2.75, 3.05) is 9.80 Å². The quantitative estimate of drug-likeness (QED) is 0.170. The number of rotatable bonds is 6. The Bertz CT molecular complexity index is 2480. The van der Waals surface area contributed by atoms with Gasteiger partial charge in [0.15, 0.2) is 0 Å². The lowest BCUT2D eigenvalue weighted by Gasteiger charge is -2.29. The van der Waals surface area contributed by atoms with Gasteiger partial charge in [-0.15, -0.1) is 0 Å². The Balaban J connectivity index is 0.00000195. The second-order valence-electron chi connectivity index (χ2n) is 15.2. The fourth-order valence-electron chi connectivity index (χ4n) is 9.19. The predicted molar refractivity (Wildman–Crippen MR) is 235 cm³/mol. The Morgan fingerprint density at radius 1 is 0.618 bits per heavy atom. The van der Waals surface area contributed by atoms with Crippen LogP contribution in [0.15, 0.2) is 187 Å². The number of hydrogen-bond donors (Lipinski definition) is 0. The summed E-state index contributed by atoms with van der Waals surface area (Å²) in [5.41, 5.74) is 19.4. The van der Waals surface area contributed by atoms with Gasteiger partial charge >= 0.3 is 0 Å². The van der Waals surface area contributed by atoms with E-state index in [-0.39, 0.29) is 5.41 Å². The lowest BCUT2D eigenvalue weighted by Crippen LogP contribution is -2.18. The van der Waals surface area contributed by atoms with E-state index in [0.29, 0.717) is 5.92 Å². The van der Waals surface area contributed by atoms with Crippen molar-refractivity contribution in [2.45, 2.75) is 58.3 Å². The van der Waals surface area contributed by atoms with Gasteiger partial charge in [-0.3, -0.25) is 0 Å². The third-order valence-corrected chi connectivity index (χ3v) is 11.9. The van der Waals surface area contributed by atoms with Crippen LogP contribution in [-0.2, 0) is 5.41 Å². The number of hydrogen-bond acceptors (Lipinski definition) is 2. The van der Waals surface area contributed by atoms with Gasteiger partial charge in [0.05, 0.1) is 5.69 Å². The molecule has 4 aliphatic rings. The van der Waals surface area contributed by atoms with Crippen molar-refractivity contribution in [1.82, 2.24) is 0 Å². The van der Waals surface area contributed by atoms with E-state index in [1.165, 1.54) is 67.3 Å². The molecule has 0 saturated carbocycles. The van der Waals surface area contributed by atoms with Crippen LogP contribution in [0.5, 0.6) is 0 Å². The first kappa shape index (κ1) is 34.6. The summed E-state index contributed by atoms with van der Waals surface area (Å²) in [4.78, 5) is 4.88. The molecule has 0 saturated heterocycles. The zero-order chi connectivity index (χ0) is 37.5. The molecule has 1 atom stereocenters. The fraction of sp³-hybridized carbons (Fsp3) is 0.170. The average Bonchev–Trinajstić information content (AvgIpc) is 3.70. The molecular formula is C53H48N2. The van der Waals surface area contributed by atoms with E-state index in [1.54, 1.807) is 5.57 Å². The molecule has 270 valence electrons. The van der Waals surface area contributed by atoms with Crippen LogP contribution in [0, 0.1) is 0 Å². The Morgan fingerprint density at radius 3 is 1.95 bits per heavy atom. The minimum absolute atomic E-state index is 0.00292. The third kappa shape index (κ3) is 5.97. The van der Waals surface area contributed by atoms with Gasteiger partial charge in [0.1, 0.15) is 0 Å². The summed E-state index contributed by atoms with van der Waals surface area (Å²) in [7, 11) is 0. The highest BCUT2D eigenvalue weighted by molar-refractivity contribution is 5.90. The van der Waals surface area contributed by atoms with Crippen molar-refractivity contribution in [3.05, 3.63) is 204 Å². The minimum Gasteiger partial charge on any atom is -0.313 e. The number of para-hydroxylation sites is 1. The Morgan fingerprint density at radius 2 is 1.24 bits per heavy atom. The summed E-state index contributed by atoms with van der Waals surface area (Å²) in [6, 6.07) is 53.8. The van der Waals surface area contributed by atoms with Crippen LogP contribution >= 0.6 is 0 Å². The third-order valence-electron chi connectivity index (χ3n) is 11.9. The van der Waals surface area contributed by atoms with Crippen molar-refractivity contribution >= 4 is 34.0 Å². The number of anilines is 5. The highest BCUT2D eigenvalue weighted by Crippen LogP contribution is 2.53. The largest absolute Gasteiger partial charge is 0.313 e. The maximum Gasteiger partial charge on any atom is 0.0503 e. The first-order valence-corrected chi connectivity index (χ1v) is 20.0. The molecule has 2 heteroatoms. The second-order valence-corrected chi connectivity index (χ2v) is 15.2. The monoisotopic (exact) mass is 712 g/mol. The van der Waals surface area contributed by atoms with Gasteiger partial charge in [-0.05, 0) is 124 Å². The van der Waals surface area contributed by atoms with Gasteiger partial charge in [-0.1, -0.05) is 149 Å². The topological polar surface area (TPSA) is 6.48 Å². The molecule has 6 aromatic carbocycles. The Hall–Kier alpha value is -6.12. The molecule has 0 N–H and O–H groups in total. The molecule has 0 fully saturated rings. The number of nitrogens with zero attached hydrogens (tertiary/aromatic N) is 2.